The molecule has 1 aliphatic heterocycles. The minimum atomic E-state index is -0.483. The SMILES string of the molecule is COc1cccc(N(Cc2cc3ccc(C)cc3[nH]c2=O)C(=O)C2CCCO2)c1. The normalized spacial score (nSPS) is 16.1. The predicted octanol–water partition coefficient (Wildman–Crippen LogP) is 3.56. The molecule has 0 radical (unpaired) electrons. The number of rotatable bonds is 5. The van der Waals surface area contributed by atoms with E-state index in [9.17, 15) is 9.59 Å². The smallest absolute Gasteiger partial charge is 0.256 e. The summed E-state index contributed by atoms with van der Waals surface area (Å²) in [5.74, 6) is 0.509. The Kier molecular flexibility index (Phi) is 5.36. The molecule has 2 aromatic carbocycles. The first kappa shape index (κ1) is 19.2. The number of methoxy groups -OCH3 is 1. The van der Waals surface area contributed by atoms with Crippen molar-refractivity contribution in [3.8, 4) is 5.75 Å². The zero-order valence-corrected chi connectivity index (χ0v) is 16.6. The van der Waals surface area contributed by atoms with Crippen LogP contribution in [0.5, 0.6) is 5.75 Å². The van der Waals surface area contributed by atoms with Gasteiger partial charge in [-0.25, -0.2) is 0 Å². The zero-order chi connectivity index (χ0) is 20.4. The number of fused-ring (bicyclic) bond motifs is 1. The van der Waals surface area contributed by atoms with Crippen LogP contribution in [0.4, 0.5) is 5.69 Å². The number of amides is 1. The summed E-state index contributed by atoms with van der Waals surface area (Å²) in [6, 6.07) is 15.1. The maximum atomic E-state index is 13.2. The summed E-state index contributed by atoms with van der Waals surface area (Å²) in [6.45, 7) is 2.72. The van der Waals surface area contributed by atoms with Crippen LogP contribution in [-0.4, -0.2) is 30.7 Å². The van der Waals surface area contributed by atoms with Crippen molar-refractivity contribution in [1.29, 1.82) is 0 Å². The summed E-state index contributed by atoms with van der Waals surface area (Å²) in [4.78, 5) is 30.5. The van der Waals surface area contributed by atoms with E-state index in [1.807, 2.05) is 49.4 Å². The molecule has 1 N–H and O–H groups in total. The summed E-state index contributed by atoms with van der Waals surface area (Å²) >= 11 is 0. The fraction of sp³-hybridized carbons (Fsp3) is 0.304. The Bertz CT molecular complexity index is 1100. The third kappa shape index (κ3) is 4.03. The molecule has 6 heteroatoms. The van der Waals surface area contributed by atoms with Gasteiger partial charge in [0.2, 0.25) is 0 Å². The lowest BCUT2D eigenvalue weighted by atomic mass is 10.1. The molecule has 1 fully saturated rings. The van der Waals surface area contributed by atoms with Gasteiger partial charge in [0.1, 0.15) is 11.9 Å². The highest BCUT2D eigenvalue weighted by Gasteiger charge is 2.30. The number of aromatic amines is 1. The number of benzene rings is 2. The van der Waals surface area contributed by atoms with E-state index >= 15 is 0 Å². The molecule has 2 heterocycles. The minimum absolute atomic E-state index is 0.140. The van der Waals surface area contributed by atoms with Crippen LogP contribution in [0.25, 0.3) is 10.9 Å². The van der Waals surface area contributed by atoms with Gasteiger partial charge in [0, 0.05) is 29.4 Å². The molecule has 1 aliphatic rings. The number of pyridine rings is 1. The fourth-order valence-corrected chi connectivity index (χ4v) is 3.67. The average Bonchev–Trinajstić information content (AvgIpc) is 3.27. The molecular weight excluding hydrogens is 368 g/mol. The Balaban J connectivity index is 1.74. The molecule has 1 amide bonds. The lowest BCUT2D eigenvalue weighted by Gasteiger charge is -2.25. The molecular formula is C23H24N2O4. The van der Waals surface area contributed by atoms with Crippen molar-refractivity contribution in [2.45, 2.75) is 32.4 Å². The third-order valence-electron chi connectivity index (χ3n) is 5.24. The summed E-state index contributed by atoms with van der Waals surface area (Å²) in [7, 11) is 1.58. The molecule has 4 rings (SSSR count). The second kappa shape index (κ2) is 8.09. The molecule has 0 spiro atoms. The predicted molar refractivity (Wildman–Crippen MR) is 112 cm³/mol. The second-order valence-electron chi connectivity index (χ2n) is 7.34. The number of hydrogen-bond donors (Lipinski definition) is 1. The van der Waals surface area contributed by atoms with Gasteiger partial charge in [0.15, 0.2) is 0 Å². The van der Waals surface area contributed by atoms with Crippen LogP contribution in [0, 0.1) is 6.92 Å². The quantitative estimate of drug-likeness (QED) is 0.721. The number of anilines is 1. The number of ether oxygens (including phenoxy) is 2. The molecule has 0 aliphatic carbocycles. The van der Waals surface area contributed by atoms with E-state index in [1.165, 1.54) is 0 Å². The van der Waals surface area contributed by atoms with E-state index in [2.05, 4.69) is 4.98 Å². The van der Waals surface area contributed by atoms with Crippen molar-refractivity contribution in [2.75, 3.05) is 18.6 Å². The minimum Gasteiger partial charge on any atom is -0.497 e. The maximum Gasteiger partial charge on any atom is 0.256 e. The molecule has 0 bridgehead atoms. The van der Waals surface area contributed by atoms with Crippen molar-refractivity contribution < 1.29 is 14.3 Å². The first-order chi connectivity index (χ1) is 14.0. The summed E-state index contributed by atoms with van der Waals surface area (Å²) in [6.07, 6.45) is 1.06. The number of carbonyl (C=O) groups is 1. The Morgan fingerprint density at radius 1 is 1.24 bits per heavy atom. The average molecular weight is 392 g/mol. The van der Waals surface area contributed by atoms with Crippen molar-refractivity contribution in [3.05, 3.63) is 70.0 Å². The molecule has 6 nitrogen and oxygen atoms in total. The Morgan fingerprint density at radius 3 is 2.86 bits per heavy atom. The molecule has 29 heavy (non-hydrogen) atoms. The number of aromatic nitrogens is 1. The molecule has 1 atom stereocenters. The van der Waals surface area contributed by atoms with Gasteiger partial charge in [-0.05, 0) is 55.0 Å². The molecule has 1 aromatic heterocycles. The standard InChI is InChI=1S/C23H24N2O4/c1-15-8-9-16-12-17(22(26)24-20(16)11-15)14-25(23(27)21-7-4-10-29-21)18-5-3-6-19(13-18)28-2/h3,5-6,8-9,11-13,21H,4,7,10,14H2,1-2H3,(H,24,26). The Hall–Kier alpha value is -3.12. The van der Waals surface area contributed by atoms with Gasteiger partial charge < -0.3 is 19.4 Å². The molecule has 3 aromatic rings. The summed E-state index contributed by atoms with van der Waals surface area (Å²) < 4.78 is 10.9. The number of hydrogen-bond acceptors (Lipinski definition) is 4. The third-order valence-corrected chi connectivity index (χ3v) is 5.24. The van der Waals surface area contributed by atoms with Gasteiger partial charge in [-0.1, -0.05) is 18.2 Å². The van der Waals surface area contributed by atoms with E-state index < -0.39 is 6.10 Å². The van der Waals surface area contributed by atoms with Gasteiger partial charge in [-0.15, -0.1) is 0 Å². The van der Waals surface area contributed by atoms with E-state index in [4.69, 9.17) is 9.47 Å². The molecule has 1 saturated heterocycles. The van der Waals surface area contributed by atoms with Gasteiger partial charge in [-0.3, -0.25) is 9.59 Å². The lowest BCUT2D eigenvalue weighted by Crippen LogP contribution is -2.39. The fourth-order valence-electron chi connectivity index (χ4n) is 3.67. The van der Waals surface area contributed by atoms with Crippen LogP contribution in [0.2, 0.25) is 0 Å². The first-order valence-corrected chi connectivity index (χ1v) is 9.75. The van der Waals surface area contributed by atoms with E-state index in [0.29, 0.717) is 30.0 Å². The maximum absolute atomic E-state index is 13.2. The zero-order valence-electron chi connectivity index (χ0n) is 16.6. The number of nitrogens with one attached hydrogen (secondary N) is 1. The number of nitrogens with zero attached hydrogens (tertiary/aromatic N) is 1. The Labute approximate surface area is 169 Å². The van der Waals surface area contributed by atoms with E-state index in [0.717, 1.165) is 22.9 Å². The van der Waals surface area contributed by atoms with Crippen LogP contribution >= 0.6 is 0 Å². The number of H-pyrrole nitrogens is 1. The molecule has 150 valence electrons. The Morgan fingerprint density at radius 2 is 2.10 bits per heavy atom. The van der Waals surface area contributed by atoms with Crippen LogP contribution in [0.1, 0.15) is 24.0 Å². The number of carbonyl (C=O) groups excluding carboxylic acids is 1. The lowest BCUT2D eigenvalue weighted by molar-refractivity contribution is -0.127. The van der Waals surface area contributed by atoms with Gasteiger partial charge >= 0.3 is 0 Å². The monoisotopic (exact) mass is 392 g/mol. The summed E-state index contributed by atoms with van der Waals surface area (Å²) in [5, 5.41) is 0.931. The highest BCUT2D eigenvalue weighted by atomic mass is 16.5. The van der Waals surface area contributed by atoms with Crippen molar-refractivity contribution in [2.24, 2.45) is 0 Å². The highest BCUT2D eigenvalue weighted by molar-refractivity contribution is 5.97. The van der Waals surface area contributed by atoms with Gasteiger partial charge in [0.05, 0.1) is 13.7 Å². The van der Waals surface area contributed by atoms with Crippen LogP contribution in [0.15, 0.2) is 53.3 Å². The van der Waals surface area contributed by atoms with Crippen LogP contribution < -0.4 is 15.2 Å². The molecule has 1 unspecified atom stereocenters. The first-order valence-electron chi connectivity index (χ1n) is 9.75. The van der Waals surface area contributed by atoms with Crippen molar-refractivity contribution in [3.63, 3.8) is 0 Å². The van der Waals surface area contributed by atoms with Crippen LogP contribution in [0.3, 0.4) is 0 Å². The second-order valence-corrected chi connectivity index (χ2v) is 7.34. The van der Waals surface area contributed by atoms with Gasteiger partial charge in [-0.2, -0.15) is 0 Å². The van der Waals surface area contributed by atoms with Crippen molar-refractivity contribution in [1.82, 2.24) is 4.98 Å². The van der Waals surface area contributed by atoms with Crippen molar-refractivity contribution >= 4 is 22.5 Å². The van der Waals surface area contributed by atoms with E-state index in [-0.39, 0.29) is 18.0 Å². The van der Waals surface area contributed by atoms with Gasteiger partial charge in [0.25, 0.3) is 11.5 Å². The molecule has 0 saturated carbocycles. The number of aryl methyl sites for hydroxylation is 1. The topological polar surface area (TPSA) is 71.6 Å². The summed E-state index contributed by atoms with van der Waals surface area (Å²) in [5.41, 5.74) is 2.87. The van der Waals surface area contributed by atoms with E-state index in [1.54, 1.807) is 18.1 Å². The largest absolute Gasteiger partial charge is 0.497 e. The van der Waals surface area contributed by atoms with Crippen LogP contribution in [-0.2, 0) is 16.1 Å². The highest BCUT2D eigenvalue weighted by Crippen LogP contribution is 2.26.